The number of fused-ring (bicyclic) bond motifs is 1. The minimum Gasteiger partial charge on any atom is -0.305 e. The highest BCUT2D eigenvalue weighted by Gasteiger charge is 2.42. The van der Waals surface area contributed by atoms with Crippen molar-refractivity contribution in [3.63, 3.8) is 0 Å². The third-order valence-corrected chi connectivity index (χ3v) is 6.16. The van der Waals surface area contributed by atoms with Gasteiger partial charge < -0.3 is 5.32 Å². The zero-order chi connectivity index (χ0) is 14.2. The molecule has 0 radical (unpaired) electrons. The van der Waals surface area contributed by atoms with Crippen LogP contribution in [0.2, 0.25) is 0 Å². The molecule has 3 nitrogen and oxygen atoms in total. The zero-order valence-electron chi connectivity index (χ0n) is 13.0. The molecule has 3 rings (SSSR count). The summed E-state index contributed by atoms with van der Waals surface area (Å²) < 4.78 is 0. The van der Waals surface area contributed by atoms with E-state index in [1.54, 1.807) is 4.88 Å². The first-order valence-electron chi connectivity index (χ1n) is 8.13. The summed E-state index contributed by atoms with van der Waals surface area (Å²) in [5.41, 5.74) is 1.51. The minimum absolute atomic E-state index is 0.112. The maximum atomic E-state index is 5.05. The van der Waals surface area contributed by atoms with Crippen molar-refractivity contribution < 1.29 is 0 Å². The van der Waals surface area contributed by atoms with E-state index in [4.69, 9.17) is 4.98 Å². The van der Waals surface area contributed by atoms with Crippen molar-refractivity contribution in [1.82, 2.24) is 15.2 Å². The first kappa shape index (κ1) is 14.5. The van der Waals surface area contributed by atoms with E-state index in [2.05, 4.69) is 31.0 Å². The molecular formula is C16H27N3S. The van der Waals surface area contributed by atoms with Gasteiger partial charge in [-0.15, -0.1) is 11.3 Å². The van der Waals surface area contributed by atoms with E-state index in [9.17, 15) is 0 Å². The molecule has 1 aliphatic heterocycles. The smallest absolute Gasteiger partial charge is 0.115 e. The van der Waals surface area contributed by atoms with Gasteiger partial charge in [-0.25, -0.2) is 4.98 Å². The quantitative estimate of drug-likeness (QED) is 0.925. The van der Waals surface area contributed by atoms with E-state index in [1.807, 2.05) is 11.3 Å². The van der Waals surface area contributed by atoms with Crippen molar-refractivity contribution in [3.05, 3.63) is 15.6 Å². The van der Waals surface area contributed by atoms with Gasteiger partial charge in [0.25, 0.3) is 0 Å². The SMILES string of the molecule is CCNC1(c2nc3c(s2)CCCC3)CCN(C(C)C)C1. The third-order valence-electron chi connectivity index (χ3n) is 4.80. The Morgan fingerprint density at radius 1 is 1.35 bits per heavy atom. The number of aryl methyl sites for hydroxylation is 2. The Bertz CT molecular complexity index is 445. The lowest BCUT2D eigenvalue weighted by molar-refractivity contribution is 0.241. The molecule has 2 heterocycles. The Hall–Kier alpha value is -0.450. The van der Waals surface area contributed by atoms with Gasteiger partial charge in [-0.3, -0.25) is 4.90 Å². The van der Waals surface area contributed by atoms with Crippen LogP contribution in [0.4, 0.5) is 0 Å². The van der Waals surface area contributed by atoms with E-state index >= 15 is 0 Å². The molecule has 20 heavy (non-hydrogen) atoms. The molecule has 1 atom stereocenters. The van der Waals surface area contributed by atoms with E-state index in [0.717, 1.165) is 13.1 Å². The summed E-state index contributed by atoms with van der Waals surface area (Å²) in [6, 6.07) is 0.630. The first-order chi connectivity index (χ1) is 9.64. The Morgan fingerprint density at radius 2 is 2.15 bits per heavy atom. The van der Waals surface area contributed by atoms with E-state index < -0.39 is 0 Å². The molecule has 1 unspecified atom stereocenters. The van der Waals surface area contributed by atoms with Crippen LogP contribution in [0.5, 0.6) is 0 Å². The van der Waals surface area contributed by atoms with Gasteiger partial charge in [-0.2, -0.15) is 0 Å². The maximum absolute atomic E-state index is 5.05. The molecule has 1 fully saturated rings. The van der Waals surface area contributed by atoms with Gasteiger partial charge in [0, 0.05) is 24.0 Å². The molecule has 0 saturated carbocycles. The first-order valence-corrected chi connectivity index (χ1v) is 8.94. The van der Waals surface area contributed by atoms with Crippen molar-refractivity contribution >= 4 is 11.3 Å². The number of hydrogen-bond acceptors (Lipinski definition) is 4. The highest BCUT2D eigenvalue weighted by Crippen LogP contribution is 2.38. The van der Waals surface area contributed by atoms with Gasteiger partial charge >= 0.3 is 0 Å². The van der Waals surface area contributed by atoms with Gasteiger partial charge in [0.15, 0.2) is 0 Å². The molecule has 1 aromatic rings. The number of hydrogen-bond donors (Lipinski definition) is 1. The summed E-state index contributed by atoms with van der Waals surface area (Å²) >= 11 is 1.98. The van der Waals surface area contributed by atoms with Crippen molar-refractivity contribution in [2.75, 3.05) is 19.6 Å². The summed E-state index contributed by atoms with van der Waals surface area (Å²) in [6.07, 6.45) is 6.32. The van der Waals surface area contributed by atoms with E-state index in [1.165, 1.54) is 49.4 Å². The van der Waals surface area contributed by atoms with Gasteiger partial charge in [-0.1, -0.05) is 6.92 Å². The maximum Gasteiger partial charge on any atom is 0.115 e. The molecule has 0 bridgehead atoms. The second-order valence-electron chi connectivity index (χ2n) is 6.52. The van der Waals surface area contributed by atoms with Crippen LogP contribution in [0.25, 0.3) is 0 Å². The zero-order valence-corrected chi connectivity index (χ0v) is 13.9. The van der Waals surface area contributed by atoms with Crippen LogP contribution in [0.1, 0.15) is 55.6 Å². The molecule has 0 amide bonds. The summed E-state index contributed by atoms with van der Waals surface area (Å²) in [5, 5.41) is 5.13. The number of nitrogens with zero attached hydrogens (tertiary/aromatic N) is 2. The lowest BCUT2D eigenvalue weighted by Crippen LogP contribution is -2.45. The lowest BCUT2D eigenvalue weighted by Gasteiger charge is -2.29. The fraction of sp³-hybridized carbons (Fsp3) is 0.812. The standard InChI is InChI=1S/C16H27N3S/c1-4-17-16(9-10-19(11-16)12(2)3)15-18-13-7-5-6-8-14(13)20-15/h12,17H,4-11H2,1-3H3. The largest absolute Gasteiger partial charge is 0.305 e. The Labute approximate surface area is 126 Å². The second kappa shape index (κ2) is 5.74. The topological polar surface area (TPSA) is 28.2 Å². The average Bonchev–Trinajstić information content (AvgIpc) is 3.03. The lowest BCUT2D eigenvalue weighted by atomic mass is 9.99. The molecule has 1 N–H and O–H groups in total. The Morgan fingerprint density at radius 3 is 2.80 bits per heavy atom. The van der Waals surface area contributed by atoms with Crippen LogP contribution in [-0.4, -0.2) is 35.6 Å². The molecule has 1 saturated heterocycles. The minimum atomic E-state index is 0.112. The number of rotatable bonds is 4. The van der Waals surface area contributed by atoms with Gasteiger partial charge in [-0.05, 0) is 52.5 Å². The fourth-order valence-electron chi connectivity index (χ4n) is 3.57. The Kier molecular flexibility index (Phi) is 4.16. The van der Waals surface area contributed by atoms with Crippen LogP contribution in [0.3, 0.4) is 0 Å². The summed E-state index contributed by atoms with van der Waals surface area (Å²) in [7, 11) is 0. The van der Waals surface area contributed by atoms with Crippen LogP contribution in [0.15, 0.2) is 0 Å². The number of thiazole rings is 1. The molecule has 1 aliphatic carbocycles. The normalized spacial score (nSPS) is 27.2. The molecular weight excluding hydrogens is 266 g/mol. The Balaban J connectivity index is 1.89. The third kappa shape index (κ3) is 2.53. The van der Waals surface area contributed by atoms with E-state index in [0.29, 0.717) is 6.04 Å². The van der Waals surface area contributed by atoms with E-state index in [-0.39, 0.29) is 5.54 Å². The predicted octanol–water partition coefficient (Wildman–Crippen LogP) is 2.94. The molecule has 112 valence electrons. The number of aromatic nitrogens is 1. The fourth-order valence-corrected chi connectivity index (χ4v) is 4.90. The van der Waals surface area contributed by atoms with Gasteiger partial charge in [0.1, 0.15) is 5.01 Å². The van der Waals surface area contributed by atoms with Crippen molar-refractivity contribution in [1.29, 1.82) is 0 Å². The van der Waals surface area contributed by atoms with Crippen molar-refractivity contribution in [3.8, 4) is 0 Å². The average molecular weight is 293 g/mol. The molecule has 2 aliphatic rings. The number of nitrogens with one attached hydrogen (secondary N) is 1. The summed E-state index contributed by atoms with van der Waals surface area (Å²) in [6.45, 7) is 10.1. The molecule has 1 aromatic heterocycles. The molecule has 4 heteroatoms. The van der Waals surface area contributed by atoms with Crippen LogP contribution in [0, 0.1) is 0 Å². The number of likely N-dealkylation sites (tertiary alicyclic amines) is 1. The van der Waals surface area contributed by atoms with Gasteiger partial charge in [0.05, 0.1) is 11.2 Å². The van der Waals surface area contributed by atoms with Crippen LogP contribution >= 0.6 is 11.3 Å². The number of likely N-dealkylation sites (N-methyl/N-ethyl adjacent to an activating group) is 1. The van der Waals surface area contributed by atoms with Crippen LogP contribution < -0.4 is 5.32 Å². The predicted molar refractivity (Wildman–Crippen MR) is 85.4 cm³/mol. The second-order valence-corrected chi connectivity index (χ2v) is 7.61. The molecule has 0 aromatic carbocycles. The van der Waals surface area contributed by atoms with Gasteiger partial charge in [0.2, 0.25) is 0 Å². The van der Waals surface area contributed by atoms with Crippen LogP contribution in [-0.2, 0) is 18.4 Å². The van der Waals surface area contributed by atoms with Crippen molar-refractivity contribution in [2.45, 2.75) is 64.5 Å². The summed E-state index contributed by atoms with van der Waals surface area (Å²) in [4.78, 5) is 9.19. The monoisotopic (exact) mass is 293 g/mol. The highest BCUT2D eigenvalue weighted by molar-refractivity contribution is 7.11. The highest BCUT2D eigenvalue weighted by atomic mass is 32.1. The molecule has 0 spiro atoms. The van der Waals surface area contributed by atoms with Crippen molar-refractivity contribution in [2.24, 2.45) is 0 Å². The summed E-state index contributed by atoms with van der Waals surface area (Å²) in [5.74, 6) is 0.